The maximum Gasteiger partial charge on any atom is 0.131 e. The summed E-state index contributed by atoms with van der Waals surface area (Å²) < 4.78 is 6.12. The molecule has 3 aromatic rings. The standard InChI is InChI=1S/C20H14O.CH4/c1-3-7-17-13(5-1)9-15-11-16-10-14-6-2-4-8-19(14)21-20(16)12-18(15)17;/h1-8,11-12H,9-10H2;1H4. The summed E-state index contributed by atoms with van der Waals surface area (Å²) in [6.07, 6.45) is 2.01. The highest BCUT2D eigenvalue weighted by atomic mass is 16.5. The van der Waals surface area contributed by atoms with Gasteiger partial charge in [-0.25, -0.2) is 0 Å². The van der Waals surface area contributed by atoms with Crippen LogP contribution in [0, 0.1) is 0 Å². The lowest BCUT2D eigenvalue weighted by Crippen LogP contribution is -2.03. The number of rotatable bonds is 0. The van der Waals surface area contributed by atoms with E-state index in [1.54, 1.807) is 0 Å². The first kappa shape index (κ1) is 13.1. The van der Waals surface area contributed by atoms with Gasteiger partial charge in [0, 0.05) is 6.42 Å². The van der Waals surface area contributed by atoms with Crippen LogP contribution in [0.3, 0.4) is 0 Å². The van der Waals surface area contributed by atoms with Crippen LogP contribution in [0.4, 0.5) is 0 Å². The third-order valence-electron chi connectivity index (χ3n) is 4.55. The molecule has 0 bridgehead atoms. The largest absolute Gasteiger partial charge is 0.457 e. The first-order valence-corrected chi connectivity index (χ1v) is 7.38. The van der Waals surface area contributed by atoms with Gasteiger partial charge in [-0.15, -0.1) is 0 Å². The molecule has 1 heterocycles. The van der Waals surface area contributed by atoms with Crippen molar-refractivity contribution in [3.8, 4) is 22.6 Å². The molecule has 1 aliphatic carbocycles. The molecular formula is C21H18O. The number of fused-ring (bicyclic) bond motifs is 5. The highest BCUT2D eigenvalue weighted by Crippen LogP contribution is 2.44. The van der Waals surface area contributed by atoms with Crippen molar-refractivity contribution in [2.24, 2.45) is 0 Å². The normalized spacial score (nSPS) is 13.1. The van der Waals surface area contributed by atoms with Crippen LogP contribution in [-0.4, -0.2) is 0 Å². The summed E-state index contributed by atoms with van der Waals surface area (Å²) >= 11 is 0. The summed E-state index contributed by atoms with van der Waals surface area (Å²) in [4.78, 5) is 0. The van der Waals surface area contributed by atoms with Gasteiger partial charge in [-0.1, -0.05) is 56.0 Å². The van der Waals surface area contributed by atoms with Crippen LogP contribution in [0.25, 0.3) is 11.1 Å². The molecule has 0 radical (unpaired) electrons. The van der Waals surface area contributed by atoms with E-state index in [9.17, 15) is 0 Å². The fraction of sp³-hybridized carbons (Fsp3) is 0.143. The Hall–Kier alpha value is -2.54. The summed E-state index contributed by atoms with van der Waals surface area (Å²) in [5, 5.41) is 0. The smallest absolute Gasteiger partial charge is 0.131 e. The number of hydrogen-bond acceptors (Lipinski definition) is 1. The van der Waals surface area contributed by atoms with Gasteiger partial charge in [0.15, 0.2) is 0 Å². The molecule has 0 unspecified atom stereocenters. The molecule has 0 spiro atoms. The molecular weight excluding hydrogens is 268 g/mol. The molecule has 1 aliphatic heterocycles. The summed E-state index contributed by atoms with van der Waals surface area (Å²) in [6, 6.07) is 21.6. The number of para-hydroxylation sites is 1. The Balaban J connectivity index is 0.00000125. The highest BCUT2D eigenvalue weighted by Gasteiger charge is 2.23. The SMILES string of the molecule is C.c1ccc2c(c1)Cc1cc3c(cc1O2)-c1ccccc1C3. The maximum absolute atomic E-state index is 6.12. The molecule has 22 heavy (non-hydrogen) atoms. The van der Waals surface area contributed by atoms with Crippen LogP contribution in [0.1, 0.15) is 29.7 Å². The number of ether oxygens (including phenoxy) is 1. The second kappa shape index (κ2) is 4.74. The number of benzene rings is 3. The predicted octanol–water partition coefficient (Wildman–Crippen LogP) is 5.59. The zero-order valence-electron chi connectivity index (χ0n) is 11.6. The molecule has 0 saturated carbocycles. The topological polar surface area (TPSA) is 9.23 Å². The van der Waals surface area contributed by atoms with Crippen molar-refractivity contribution in [1.82, 2.24) is 0 Å². The molecule has 3 aromatic carbocycles. The number of hydrogen-bond donors (Lipinski definition) is 0. The van der Waals surface area contributed by atoms with Crippen LogP contribution in [0.5, 0.6) is 11.5 Å². The van der Waals surface area contributed by atoms with E-state index >= 15 is 0 Å². The Morgan fingerprint density at radius 2 is 1.32 bits per heavy atom. The fourth-order valence-corrected chi connectivity index (χ4v) is 3.52. The Labute approximate surface area is 131 Å². The average Bonchev–Trinajstić information content (AvgIpc) is 2.88. The van der Waals surface area contributed by atoms with Crippen LogP contribution in [0.15, 0.2) is 60.7 Å². The lowest BCUT2D eigenvalue weighted by molar-refractivity contribution is 0.460. The van der Waals surface area contributed by atoms with E-state index in [1.165, 1.54) is 33.4 Å². The second-order valence-corrected chi connectivity index (χ2v) is 5.84. The van der Waals surface area contributed by atoms with Crippen molar-refractivity contribution in [1.29, 1.82) is 0 Å². The fourth-order valence-electron chi connectivity index (χ4n) is 3.52. The monoisotopic (exact) mass is 286 g/mol. The maximum atomic E-state index is 6.12. The molecule has 1 heteroatoms. The molecule has 0 N–H and O–H groups in total. The van der Waals surface area contributed by atoms with Gasteiger partial charge < -0.3 is 4.74 Å². The minimum absolute atomic E-state index is 0. The Kier molecular flexibility index (Phi) is 2.83. The van der Waals surface area contributed by atoms with Gasteiger partial charge in [-0.2, -0.15) is 0 Å². The van der Waals surface area contributed by atoms with Gasteiger partial charge >= 0.3 is 0 Å². The van der Waals surface area contributed by atoms with Gasteiger partial charge in [0.2, 0.25) is 0 Å². The Morgan fingerprint density at radius 1 is 0.591 bits per heavy atom. The third kappa shape index (κ3) is 1.79. The summed E-state index contributed by atoms with van der Waals surface area (Å²) in [5.74, 6) is 2.01. The van der Waals surface area contributed by atoms with E-state index in [2.05, 4.69) is 54.6 Å². The summed E-state index contributed by atoms with van der Waals surface area (Å²) in [5.41, 5.74) is 8.13. The molecule has 5 rings (SSSR count). The van der Waals surface area contributed by atoms with Gasteiger partial charge in [-0.05, 0) is 51.9 Å². The first-order chi connectivity index (χ1) is 10.4. The van der Waals surface area contributed by atoms with E-state index in [0.717, 1.165) is 24.3 Å². The van der Waals surface area contributed by atoms with Crippen molar-refractivity contribution < 1.29 is 4.74 Å². The lowest BCUT2D eigenvalue weighted by Gasteiger charge is -2.21. The molecule has 0 fully saturated rings. The van der Waals surface area contributed by atoms with Crippen molar-refractivity contribution in [2.75, 3.05) is 0 Å². The molecule has 0 amide bonds. The Bertz CT molecular complexity index is 877. The zero-order valence-corrected chi connectivity index (χ0v) is 11.6. The van der Waals surface area contributed by atoms with E-state index in [1.807, 2.05) is 6.07 Å². The lowest BCUT2D eigenvalue weighted by atomic mass is 9.96. The molecule has 1 nitrogen and oxygen atoms in total. The molecule has 108 valence electrons. The van der Waals surface area contributed by atoms with Gasteiger partial charge in [0.25, 0.3) is 0 Å². The van der Waals surface area contributed by atoms with E-state index in [-0.39, 0.29) is 7.43 Å². The first-order valence-electron chi connectivity index (χ1n) is 7.38. The van der Waals surface area contributed by atoms with Crippen molar-refractivity contribution in [2.45, 2.75) is 20.3 Å². The zero-order chi connectivity index (χ0) is 13.8. The predicted molar refractivity (Wildman–Crippen MR) is 90.7 cm³/mol. The van der Waals surface area contributed by atoms with Gasteiger partial charge in [0.1, 0.15) is 11.5 Å². The molecule has 0 aromatic heterocycles. The molecule has 0 saturated heterocycles. The van der Waals surface area contributed by atoms with Crippen LogP contribution in [-0.2, 0) is 12.8 Å². The van der Waals surface area contributed by atoms with E-state index in [0.29, 0.717) is 0 Å². The van der Waals surface area contributed by atoms with E-state index in [4.69, 9.17) is 4.74 Å². The van der Waals surface area contributed by atoms with Crippen LogP contribution >= 0.6 is 0 Å². The second-order valence-electron chi connectivity index (χ2n) is 5.84. The third-order valence-corrected chi connectivity index (χ3v) is 4.55. The van der Waals surface area contributed by atoms with Crippen molar-refractivity contribution >= 4 is 0 Å². The Morgan fingerprint density at radius 3 is 2.23 bits per heavy atom. The van der Waals surface area contributed by atoms with Crippen molar-refractivity contribution in [3.05, 3.63) is 82.9 Å². The average molecular weight is 286 g/mol. The highest BCUT2D eigenvalue weighted by molar-refractivity contribution is 5.79. The minimum Gasteiger partial charge on any atom is -0.457 e. The molecule has 0 atom stereocenters. The summed E-state index contributed by atoms with van der Waals surface area (Å²) in [7, 11) is 0. The quantitative estimate of drug-likeness (QED) is 0.360. The van der Waals surface area contributed by atoms with Crippen LogP contribution in [0.2, 0.25) is 0 Å². The van der Waals surface area contributed by atoms with Gasteiger partial charge in [-0.3, -0.25) is 0 Å². The molecule has 2 aliphatic rings. The van der Waals surface area contributed by atoms with Gasteiger partial charge in [0.05, 0.1) is 0 Å². The minimum atomic E-state index is 0. The summed E-state index contributed by atoms with van der Waals surface area (Å²) in [6.45, 7) is 0. The van der Waals surface area contributed by atoms with Crippen molar-refractivity contribution in [3.63, 3.8) is 0 Å². The van der Waals surface area contributed by atoms with Crippen LogP contribution < -0.4 is 4.74 Å². The van der Waals surface area contributed by atoms with E-state index < -0.39 is 0 Å².